The Hall–Kier alpha value is -3.73. The zero-order valence-electron chi connectivity index (χ0n) is 17.1. The normalized spacial score (nSPS) is 11.8. The molecule has 0 saturated carbocycles. The van der Waals surface area contributed by atoms with E-state index in [0.29, 0.717) is 5.56 Å². The van der Waals surface area contributed by atoms with Crippen molar-refractivity contribution in [1.29, 1.82) is 0 Å². The topological polar surface area (TPSA) is 106 Å². The lowest BCUT2D eigenvalue weighted by Gasteiger charge is -2.18. The molecule has 11 heteroatoms. The van der Waals surface area contributed by atoms with E-state index in [9.17, 15) is 27.9 Å². The summed E-state index contributed by atoms with van der Waals surface area (Å²) in [4.78, 5) is 29.5. The van der Waals surface area contributed by atoms with E-state index in [-0.39, 0.29) is 23.5 Å². The SMILES string of the molecule is CC(C)(O)CNC(=O)c1cc(-c2ccc(OC(F)(F)F)cc2)nn(-c2cccnc2)c1=O. The maximum absolute atomic E-state index is 12.9. The predicted octanol–water partition coefficient (Wildman–Crippen LogP) is 2.69. The van der Waals surface area contributed by atoms with Gasteiger partial charge in [-0.2, -0.15) is 9.78 Å². The molecule has 0 radical (unpaired) electrons. The molecule has 168 valence electrons. The second kappa shape index (κ2) is 8.79. The number of alkyl halides is 3. The van der Waals surface area contributed by atoms with E-state index in [2.05, 4.69) is 20.1 Å². The van der Waals surface area contributed by atoms with Gasteiger partial charge in [-0.1, -0.05) is 0 Å². The molecule has 0 aliphatic rings. The summed E-state index contributed by atoms with van der Waals surface area (Å²) in [6.07, 6.45) is -1.97. The van der Waals surface area contributed by atoms with Crippen molar-refractivity contribution >= 4 is 5.91 Å². The Morgan fingerprint density at radius 1 is 1.19 bits per heavy atom. The lowest BCUT2D eigenvalue weighted by molar-refractivity contribution is -0.274. The number of nitrogens with zero attached hydrogens (tertiary/aromatic N) is 3. The molecular formula is C21H19F3N4O4. The number of amides is 1. The van der Waals surface area contributed by atoms with Crippen molar-refractivity contribution in [3.63, 3.8) is 0 Å². The van der Waals surface area contributed by atoms with Crippen LogP contribution in [-0.2, 0) is 0 Å². The molecule has 2 aromatic heterocycles. The highest BCUT2D eigenvalue weighted by atomic mass is 19.4. The Morgan fingerprint density at radius 3 is 2.44 bits per heavy atom. The number of pyridine rings is 1. The van der Waals surface area contributed by atoms with Crippen molar-refractivity contribution in [3.05, 3.63) is 70.8 Å². The minimum atomic E-state index is -4.83. The van der Waals surface area contributed by atoms with Crippen LogP contribution in [0, 0.1) is 0 Å². The first-order chi connectivity index (χ1) is 14.9. The highest BCUT2D eigenvalue weighted by molar-refractivity contribution is 5.94. The molecule has 1 amide bonds. The van der Waals surface area contributed by atoms with Crippen LogP contribution < -0.4 is 15.6 Å². The Morgan fingerprint density at radius 2 is 1.88 bits per heavy atom. The number of aliphatic hydroxyl groups is 1. The number of ether oxygens (including phenoxy) is 1. The lowest BCUT2D eigenvalue weighted by Crippen LogP contribution is -2.41. The van der Waals surface area contributed by atoms with Crippen LogP contribution in [0.4, 0.5) is 13.2 Å². The number of hydrogen-bond acceptors (Lipinski definition) is 6. The van der Waals surface area contributed by atoms with Crippen LogP contribution in [0.15, 0.2) is 59.7 Å². The van der Waals surface area contributed by atoms with Crippen molar-refractivity contribution in [3.8, 4) is 22.7 Å². The molecule has 0 atom stereocenters. The smallest absolute Gasteiger partial charge is 0.406 e. The van der Waals surface area contributed by atoms with Crippen LogP contribution in [0.5, 0.6) is 5.75 Å². The van der Waals surface area contributed by atoms with Crippen LogP contribution in [-0.4, -0.2) is 44.3 Å². The maximum atomic E-state index is 12.9. The molecule has 0 bridgehead atoms. The zero-order chi connectivity index (χ0) is 23.5. The molecule has 3 aromatic rings. The third-order valence-corrected chi connectivity index (χ3v) is 4.11. The van der Waals surface area contributed by atoms with E-state index in [4.69, 9.17) is 0 Å². The van der Waals surface area contributed by atoms with Crippen LogP contribution in [0.3, 0.4) is 0 Å². The van der Waals surface area contributed by atoms with Crippen molar-refractivity contribution in [1.82, 2.24) is 20.1 Å². The summed E-state index contributed by atoms with van der Waals surface area (Å²) in [5.74, 6) is -1.17. The molecule has 0 fully saturated rings. The summed E-state index contributed by atoms with van der Waals surface area (Å²) < 4.78 is 42.1. The first-order valence-corrected chi connectivity index (χ1v) is 9.34. The number of hydrogen-bond donors (Lipinski definition) is 2. The lowest BCUT2D eigenvalue weighted by atomic mass is 10.1. The molecule has 0 aliphatic heterocycles. The molecule has 8 nitrogen and oxygen atoms in total. The third-order valence-electron chi connectivity index (χ3n) is 4.11. The Kier molecular flexibility index (Phi) is 6.30. The van der Waals surface area contributed by atoms with Crippen LogP contribution in [0.1, 0.15) is 24.2 Å². The minimum absolute atomic E-state index is 0.112. The van der Waals surface area contributed by atoms with Crippen molar-refractivity contribution < 1.29 is 27.8 Å². The zero-order valence-corrected chi connectivity index (χ0v) is 17.1. The standard InChI is InChI=1S/C21H19F3N4O4/c1-20(2,31)12-26-18(29)16-10-17(13-5-7-15(8-6-13)32-21(22,23)24)27-28(19(16)30)14-4-3-9-25-11-14/h3-11,31H,12H2,1-2H3,(H,26,29). The number of halogens is 3. The first kappa shape index (κ1) is 22.9. The van der Waals surface area contributed by atoms with Crippen molar-refractivity contribution in [2.24, 2.45) is 0 Å². The summed E-state index contributed by atoms with van der Waals surface area (Å²) in [5.41, 5.74) is -1.42. The number of carbonyl (C=O) groups excluding carboxylic acids is 1. The van der Waals surface area contributed by atoms with Gasteiger partial charge in [-0.3, -0.25) is 14.6 Å². The number of rotatable bonds is 6. The molecule has 32 heavy (non-hydrogen) atoms. The molecule has 2 heterocycles. The van der Waals surface area contributed by atoms with Gasteiger partial charge in [0.25, 0.3) is 11.5 Å². The second-order valence-electron chi connectivity index (χ2n) is 7.44. The number of carbonyl (C=O) groups is 1. The fourth-order valence-corrected chi connectivity index (χ4v) is 2.67. The Bertz CT molecular complexity index is 1150. The summed E-state index contributed by atoms with van der Waals surface area (Å²) in [7, 11) is 0. The summed E-state index contributed by atoms with van der Waals surface area (Å²) in [6, 6.07) is 9.20. The molecule has 0 saturated heterocycles. The fourth-order valence-electron chi connectivity index (χ4n) is 2.67. The van der Waals surface area contributed by atoms with Gasteiger partial charge in [0.15, 0.2) is 0 Å². The fraction of sp³-hybridized carbons (Fsp3) is 0.238. The van der Waals surface area contributed by atoms with Gasteiger partial charge in [-0.05, 0) is 56.3 Å². The number of benzene rings is 1. The van der Waals surface area contributed by atoms with E-state index in [1.807, 2.05) is 0 Å². The van der Waals surface area contributed by atoms with E-state index in [1.165, 1.54) is 44.4 Å². The highest BCUT2D eigenvalue weighted by Gasteiger charge is 2.31. The van der Waals surface area contributed by atoms with Gasteiger partial charge in [-0.15, -0.1) is 13.2 Å². The Labute approximate surface area is 180 Å². The molecule has 0 spiro atoms. The van der Waals surface area contributed by atoms with Crippen LogP contribution in [0.2, 0.25) is 0 Å². The Balaban J connectivity index is 2.06. The number of nitrogens with one attached hydrogen (secondary N) is 1. The largest absolute Gasteiger partial charge is 0.573 e. The van der Waals surface area contributed by atoms with Gasteiger partial charge >= 0.3 is 6.36 Å². The minimum Gasteiger partial charge on any atom is -0.406 e. The second-order valence-corrected chi connectivity index (χ2v) is 7.44. The number of aromatic nitrogens is 3. The van der Waals surface area contributed by atoms with Gasteiger partial charge in [0.05, 0.1) is 23.2 Å². The molecular weight excluding hydrogens is 429 g/mol. The quantitative estimate of drug-likeness (QED) is 0.601. The van der Waals surface area contributed by atoms with Crippen LogP contribution in [0.25, 0.3) is 16.9 Å². The van der Waals surface area contributed by atoms with Gasteiger partial charge in [-0.25, -0.2) is 0 Å². The summed E-state index contributed by atoms with van der Waals surface area (Å²) in [6.45, 7) is 2.87. The third kappa shape index (κ3) is 5.91. The van der Waals surface area contributed by atoms with E-state index in [1.54, 1.807) is 12.1 Å². The van der Waals surface area contributed by atoms with Gasteiger partial charge in [0.2, 0.25) is 0 Å². The highest BCUT2D eigenvalue weighted by Crippen LogP contribution is 2.26. The molecule has 0 unspecified atom stereocenters. The molecule has 1 aromatic carbocycles. The van der Waals surface area contributed by atoms with Gasteiger partial charge in [0, 0.05) is 18.3 Å². The summed E-state index contributed by atoms with van der Waals surface area (Å²) >= 11 is 0. The van der Waals surface area contributed by atoms with Crippen molar-refractivity contribution in [2.45, 2.75) is 25.8 Å². The summed E-state index contributed by atoms with van der Waals surface area (Å²) in [5, 5.41) is 16.6. The molecule has 2 N–H and O–H groups in total. The average molecular weight is 448 g/mol. The van der Waals surface area contributed by atoms with E-state index >= 15 is 0 Å². The van der Waals surface area contributed by atoms with E-state index < -0.39 is 29.2 Å². The molecule has 3 rings (SSSR count). The van der Waals surface area contributed by atoms with E-state index in [0.717, 1.165) is 16.8 Å². The first-order valence-electron chi connectivity index (χ1n) is 9.34. The van der Waals surface area contributed by atoms with Gasteiger partial charge in [0.1, 0.15) is 11.3 Å². The van der Waals surface area contributed by atoms with Crippen molar-refractivity contribution in [2.75, 3.05) is 6.54 Å². The van der Waals surface area contributed by atoms with Crippen LogP contribution >= 0.6 is 0 Å². The van der Waals surface area contributed by atoms with Gasteiger partial charge < -0.3 is 15.2 Å². The predicted molar refractivity (Wildman–Crippen MR) is 108 cm³/mol. The molecule has 0 aliphatic carbocycles. The maximum Gasteiger partial charge on any atom is 0.573 e. The monoisotopic (exact) mass is 448 g/mol. The average Bonchev–Trinajstić information content (AvgIpc) is 2.72.